The first kappa shape index (κ1) is 12.0. The molecule has 1 aromatic heterocycles. The van der Waals surface area contributed by atoms with Crippen molar-refractivity contribution in [1.82, 2.24) is 4.98 Å². The number of rotatable bonds is 1. The number of hydrogen-bond acceptors (Lipinski definition) is 0. The van der Waals surface area contributed by atoms with Gasteiger partial charge in [-0.15, -0.1) is 0 Å². The topological polar surface area (TPSA) is 15.8 Å². The van der Waals surface area contributed by atoms with Gasteiger partial charge < -0.3 is 4.98 Å². The molecule has 0 unspecified atom stereocenters. The molecule has 0 radical (unpaired) electrons. The highest BCUT2D eigenvalue weighted by Crippen LogP contribution is 2.46. The van der Waals surface area contributed by atoms with E-state index in [-0.39, 0.29) is 0 Å². The summed E-state index contributed by atoms with van der Waals surface area (Å²) >= 11 is 3.58. The first-order chi connectivity index (χ1) is 10.3. The number of halogens is 1. The molecule has 0 amide bonds. The second kappa shape index (κ2) is 4.23. The van der Waals surface area contributed by atoms with Crippen LogP contribution in [0.5, 0.6) is 0 Å². The van der Waals surface area contributed by atoms with E-state index in [4.69, 9.17) is 0 Å². The number of H-pyrrole nitrogens is 1. The van der Waals surface area contributed by atoms with Crippen LogP contribution >= 0.6 is 15.9 Å². The molecule has 3 aromatic rings. The molecule has 1 nitrogen and oxygen atoms in total. The lowest BCUT2D eigenvalue weighted by molar-refractivity contribution is 0.947. The molecule has 0 atom stereocenters. The number of hydrogen-bond donors (Lipinski definition) is 1. The van der Waals surface area contributed by atoms with Gasteiger partial charge in [0, 0.05) is 26.3 Å². The number of aromatic amines is 1. The van der Waals surface area contributed by atoms with Crippen molar-refractivity contribution in [1.29, 1.82) is 0 Å². The van der Waals surface area contributed by atoms with Crippen LogP contribution < -0.4 is 0 Å². The lowest BCUT2D eigenvalue weighted by atomic mass is 9.87. The third-order valence-corrected chi connectivity index (χ3v) is 5.39. The average molecular weight is 338 g/mol. The van der Waals surface area contributed by atoms with E-state index in [2.05, 4.69) is 57.3 Å². The third-order valence-electron chi connectivity index (χ3n) is 4.90. The molecule has 0 spiro atoms. The lowest BCUT2D eigenvalue weighted by Gasteiger charge is -2.17. The summed E-state index contributed by atoms with van der Waals surface area (Å²) in [5.41, 5.74) is 7.21. The molecule has 2 aromatic carbocycles. The molecule has 1 saturated carbocycles. The average Bonchev–Trinajstić information content (AvgIpc) is 3.27. The highest BCUT2D eigenvalue weighted by molar-refractivity contribution is 9.10. The number of fused-ring (bicyclic) bond motifs is 5. The fourth-order valence-electron chi connectivity index (χ4n) is 3.79. The summed E-state index contributed by atoms with van der Waals surface area (Å²) in [6, 6.07) is 8.99. The van der Waals surface area contributed by atoms with E-state index in [1.54, 1.807) is 11.1 Å². The van der Waals surface area contributed by atoms with E-state index in [0.29, 0.717) is 0 Å². The number of aromatic nitrogens is 1. The minimum Gasteiger partial charge on any atom is -0.354 e. The van der Waals surface area contributed by atoms with E-state index in [1.165, 1.54) is 53.1 Å². The minimum absolute atomic E-state index is 0.813. The summed E-state index contributed by atoms with van der Waals surface area (Å²) in [7, 11) is 0. The van der Waals surface area contributed by atoms with Gasteiger partial charge in [0.15, 0.2) is 0 Å². The van der Waals surface area contributed by atoms with Crippen LogP contribution in [0.2, 0.25) is 0 Å². The van der Waals surface area contributed by atoms with E-state index in [9.17, 15) is 0 Å². The third kappa shape index (κ3) is 1.75. The van der Waals surface area contributed by atoms with Crippen LogP contribution in [-0.4, -0.2) is 4.98 Å². The van der Waals surface area contributed by atoms with Crippen LogP contribution in [0.25, 0.3) is 27.9 Å². The zero-order valence-electron chi connectivity index (χ0n) is 11.7. The minimum atomic E-state index is 0.813. The van der Waals surface area contributed by atoms with Crippen LogP contribution in [0, 0.1) is 0 Å². The Morgan fingerprint density at radius 2 is 2.00 bits per heavy atom. The van der Waals surface area contributed by atoms with Crippen LogP contribution in [-0.2, 0) is 6.42 Å². The summed E-state index contributed by atoms with van der Waals surface area (Å²) in [5.74, 6) is 0.813. The molecule has 21 heavy (non-hydrogen) atoms. The number of nitrogens with one attached hydrogen (secondary N) is 1. The van der Waals surface area contributed by atoms with E-state index in [0.717, 1.165) is 10.4 Å². The Hall–Kier alpha value is -1.54. The van der Waals surface area contributed by atoms with E-state index in [1.807, 2.05) is 0 Å². The summed E-state index contributed by atoms with van der Waals surface area (Å²) in [6.07, 6.45) is 9.81. The molecule has 5 rings (SSSR count). The summed E-state index contributed by atoms with van der Waals surface area (Å²) in [4.78, 5) is 3.63. The summed E-state index contributed by atoms with van der Waals surface area (Å²) < 4.78 is 1.13. The van der Waals surface area contributed by atoms with Crippen molar-refractivity contribution >= 4 is 43.8 Å². The van der Waals surface area contributed by atoms with Crippen LogP contribution in [0.1, 0.15) is 41.9 Å². The number of benzene rings is 2. The van der Waals surface area contributed by atoms with E-state index < -0.39 is 0 Å². The molecule has 2 heteroatoms. The van der Waals surface area contributed by atoms with Crippen molar-refractivity contribution in [3.05, 3.63) is 51.5 Å². The van der Waals surface area contributed by atoms with Gasteiger partial charge in [-0.1, -0.05) is 34.1 Å². The van der Waals surface area contributed by atoms with E-state index >= 15 is 0 Å². The Bertz CT molecular complexity index is 912. The van der Waals surface area contributed by atoms with Crippen molar-refractivity contribution < 1.29 is 0 Å². The predicted molar refractivity (Wildman–Crippen MR) is 92.8 cm³/mol. The fraction of sp³-hybridized carbons (Fsp3) is 0.263. The molecule has 2 aliphatic rings. The zero-order chi connectivity index (χ0) is 14.0. The molecule has 1 heterocycles. The van der Waals surface area contributed by atoms with Gasteiger partial charge in [0.25, 0.3) is 0 Å². The molecule has 0 aliphatic heterocycles. The van der Waals surface area contributed by atoms with Crippen LogP contribution in [0.15, 0.2) is 34.8 Å². The SMILES string of the molecule is Brc1ccc2c(c1)[nH]c1cc(C3CC3)c3c(c12)C=CCC3. The Kier molecular flexibility index (Phi) is 2.43. The van der Waals surface area contributed by atoms with Gasteiger partial charge in [0.1, 0.15) is 0 Å². The van der Waals surface area contributed by atoms with Gasteiger partial charge >= 0.3 is 0 Å². The molecule has 0 bridgehead atoms. The smallest absolute Gasteiger partial charge is 0.0476 e. The molecular formula is C19H16BrN. The molecule has 0 saturated heterocycles. The van der Waals surface area contributed by atoms with Gasteiger partial charge in [0.2, 0.25) is 0 Å². The van der Waals surface area contributed by atoms with Gasteiger partial charge in [-0.25, -0.2) is 0 Å². The van der Waals surface area contributed by atoms with Gasteiger partial charge in [-0.05, 0) is 66.5 Å². The first-order valence-electron chi connectivity index (χ1n) is 7.74. The van der Waals surface area contributed by atoms with Crippen LogP contribution in [0.4, 0.5) is 0 Å². The van der Waals surface area contributed by atoms with Crippen molar-refractivity contribution in [3.63, 3.8) is 0 Å². The molecule has 104 valence electrons. The van der Waals surface area contributed by atoms with Gasteiger partial charge in [0.05, 0.1) is 0 Å². The number of allylic oxidation sites excluding steroid dienone is 1. The van der Waals surface area contributed by atoms with Crippen molar-refractivity contribution in [2.75, 3.05) is 0 Å². The zero-order valence-corrected chi connectivity index (χ0v) is 13.3. The Labute approximate surface area is 132 Å². The standard InChI is InChI=1S/C19H16BrN/c20-12-7-8-15-17(9-12)21-18-10-16(11-5-6-11)13-3-1-2-4-14(13)19(15)18/h2,4,7-11,21H,1,3,5-6H2. The lowest BCUT2D eigenvalue weighted by Crippen LogP contribution is -2.00. The highest BCUT2D eigenvalue weighted by atomic mass is 79.9. The van der Waals surface area contributed by atoms with Gasteiger partial charge in [-0.2, -0.15) is 0 Å². The monoisotopic (exact) mass is 337 g/mol. The second-order valence-electron chi connectivity index (χ2n) is 6.31. The normalized spacial score (nSPS) is 17.6. The Morgan fingerprint density at radius 3 is 2.86 bits per heavy atom. The summed E-state index contributed by atoms with van der Waals surface area (Å²) in [6.45, 7) is 0. The maximum Gasteiger partial charge on any atom is 0.0476 e. The predicted octanol–water partition coefficient (Wildman–Crippen LogP) is 5.92. The highest BCUT2D eigenvalue weighted by Gasteiger charge is 2.28. The van der Waals surface area contributed by atoms with Crippen LogP contribution in [0.3, 0.4) is 0 Å². The molecular weight excluding hydrogens is 322 g/mol. The largest absolute Gasteiger partial charge is 0.354 e. The van der Waals surface area contributed by atoms with Crippen molar-refractivity contribution in [2.24, 2.45) is 0 Å². The molecule has 1 N–H and O–H groups in total. The Balaban J connectivity index is 1.95. The van der Waals surface area contributed by atoms with Gasteiger partial charge in [-0.3, -0.25) is 0 Å². The quantitative estimate of drug-likeness (QED) is 0.567. The molecule has 2 aliphatic carbocycles. The maximum atomic E-state index is 3.63. The maximum absolute atomic E-state index is 3.63. The molecule has 1 fully saturated rings. The summed E-state index contributed by atoms with van der Waals surface area (Å²) in [5, 5.41) is 2.76. The second-order valence-corrected chi connectivity index (χ2v) is 7.23. The Morgan fingerprint density at radius 1 is 1.10 bits per heavy atom. The fourth-order valence-corrected chi connectivity index (χ4v) is 4.15. The van der Waals surface area contributed by atoms with Crippen molar-refractivity contribution in [3.8, 4) is 0 Å². The van der Waals surface area contributed by atoms with Crippen molar-refractivity contribution in [2.45, 2.75) is 31.6 Å². The first-order valence-corrected chi connectivity index (χ1v) is 8.54.